The summed E-state index contributed by atoms with van der Waals surface area (Å²) in [4.78, 5) is 0. The van der Waals surface area contributed by atoms with Crippen LogP contribution >= 0.6 is 0 Å². The van der Waals surface area contributed by atoms with Gasteiger partial charge in [-0.1, -0.05) is 25.5 Å². The van der Waals surface area contributed by atoms with Crippen LogP contribution in [-0.2, 0) is 0 Å². The molecule has 0 aromatic heterocycles. The maximum atomic E-state index is 10.3. The van der Waals surface area contributed by atoms with Gasteiger partial charge in [0.2, 0.25) is 0 Å². The molecular weight excluding hydrogens is 296 g/mol. The lowest BCUT2D eigenvalue weighted by Crippen LogP contribution is -2.51. The van der Waals surface area contributed by atoms with Gasteiger partial charge in [-0.3, -0.25) is 0 Å². The second-order valence-electron chi connectivity index (χ2n) is 10.0. The van der Waals surface area contributed by atoms with Crippen molar-refractivity contribution in [2.24, 2.45) is 40.4 Å². The highest BCUT2D eigenvalue weighted by atomic mass is 16.3. The van der Waals surface area contributed by atoms with Gasteiger partial charge in [-0.15, -0.1) is 0 Å². The Balaban J connectivity index is 1.62. The molecule has 4 rings (SSSR count). The minimum absolute atomic E-state index is 0.151. The molecule has 0 bridgehead atoms. The van der Waals surface area contributed by atoms with E-state index in [0.29, 0.717) is 29.3 Å². The number of hydrogen-bond acceptors (Lipinski definition) is 2. The monoisotopic (exact) mass is 332 g/mol. The van der Waals surface area contributed by atoms with E-state index in [0.717, 1.165) is 24.2 Å². The molecule has 0 radical (unpaired) electrons. The zero-order valence-electron chi connectivity index (χ0n) is 15.8. The van der Waals surface area contributed by atoms with E-state index in [2.05, 4.69) is 19.9 Å². The molecule has 3 fully saturated rings. The largest absolute Gasteiger partial charge is 0.396 e. The minimum atomic E-state index is -0.151. The Labute approximate surface area is 147 Å². The van der Waals surface area contributed by atoms with E-state index < -0.39 is 0 Å². The Hall–Kier alpha value is -0.340. The van der Waals surface area contributed by atoms with Gasteiger partial charge in [0.15, 0.2) is 0 Å². The normalized spacial score (nSPS) is 52.0. The first-order valence-electron chi connectivity index (χ1n) is 10.4. The third kappa shape index (κ3) is 2.28. The summed E-state index contributed by atoms with van der Waals surface area (Å²) in [6.07, 6.45) is 12.5. The Bertz CT molecular complexity index is 524. The molecule has 0 heterocycles. The highest BCUT2D eigenvalue weighted by Crippen LogP contribution is 2.66. The molecule has 0 aromatic rings. The lowest BCUT2D eigenvalue weighted by Gasteiger charge is -2.58. The van der Waals surface area contributed by atoms with E-state index in [9.17, 15) is 10.2 Å². The zero-order valence-corrected chi connectivity index (χ0v) is 15.8. The predicted octanol–water partition coefficient (Wildman–Crippen LogP) is 4.55. The summed E-state index contributed by atoms with van der Waals surface area (Å²) in [5, 5.41) is 19.9. The lowest BCUT2D eigenvalue weighted by atomic mass is 9.47. The van der Waals surface area contributed by atoms with Crippen molar-refractivity contribution in [3.8, 4) is 0 Å². The number of aliphatic hydroxyl groups excluding tert-OH is 2. The first-order valence-corrected chi connectivity index (χ1v) is 10.4. The van der Waals surface area contributed by atoms with E-state index in [1.165, 1.54) is 44.9 Å². The van der Waals surface area contributed by atoms with Gasteiger partial charge in [-0.25, -0.2) is 0 Å². The van der Waals surface area contributed by atoms with Gasteiger partial charge < -0.3 is 10.2 Å². The molecule has 4 aliphatic carbocycles. The SMILES string of the molecule is C[C@H](O)[C@H]1CCC2C3CC=C4CC(CO)CC[C@]4(C)C3CC[C@@]21C. The van der Waals surface area contributed by atoms with Crippen LogP contribution in [0.15, 0.2) is 11.6 Å². The van der Waals surface area contributed by atoms with Crippen molar-refractivity contribution in [2.75, 3.05) is 6.61 Å². The van der Waals surface area contributed by atoms with E-state index in [1.54, 1.807) is 5.57 Å². The standard InChI is InChI=1S/C22H36O2/c1-14(24)18-6-7-19-17-5-4-16-12-15(13-23)8-10-21(16,2)20(17)9-11-22(18,19)3/h4,14-15,17-20,23-24H,5-13H2,1-3H3/t14-,15?,17?,18+,19?,20?,21-,22+/m0/s1. The van der Waals surface area contributed by atoms with Gasteiger partial charge in [0.05, 0.1) is 6.10 Å². The molecule has 2 heteroatoms. The molecule has 0 aromatic carbocycles. The van der Waals surface area contributed by atoms with Crippen LogP contribution in [0.1, 0.15) is 72.1 Å². The number of allylic oxidation sites excluding steroid dienone is 2. The fourth-order valence-electron chi connectivity index (χ4n) is 7.73. The number of aliphatic hydroxyl groups is 2. The van der Waals surface area contributed by atoms with Crippen molar-refractivity contribution < 1.29 is 10.2 Å². The van der Waals surface area contributed by atoms with Crippen molar-refractivity contribution in [2.45, 2.75) is 78.2 Å². The first-order chi connectivity index (χ1) is 11.4. The molecule has 24 heavy (non-hydrogen) atoms. The predicted molar refractivity (Wildman–Crippen MR) is 97.4 cm³/mol. The van der Waals surface area contributed by atoms with Gasteiger partial charge in [0.1, 0.15) is 0 Å². The second kappa shape index (κ2) is 5.84. The quantitative estimate of drug-likeness (QED) is 0.728. The molecule has 2 nitrogen and oxygen atoms in total. The summed E-state index contributed by atoms with van der Waals surface area (Å²) in [5.41, 5.74) is 2.42. The van der Waals surface area contributed by atoms with Gasteiger partial charge in [0.25, 0.3) is 0 Å². The molecule has 0 aliphatic heterocycles. The smallest absolute Gasteiger partial charge is 0.0545 e. The van der Waals surface area contributed by atoms with Crippen molar-refractivity contribution in [3.63, 3.8) is 0 Å². The summed E-state index contributed by atoms with van der Waals surface area (Å²) in [6.45, 7) is 7.40. The molecule has 0 spiro atoms. The van der Waals surface area contributed by atoms with E-state index in [-0.39, 0.29) is 6.10 Å². The van der Waals surface area contributed by atoms with Crippen LogP contribution in [-0.4, -0.2) is 22.9 Å². The van der Waals surface area contributed by atoms with Gasteiger partial charge in [-0.2, -0.15) is 0 Å². The van der Waals surface area contributed by atoms with Crippen LogP contribution in [0.25, 0.3) is 0 Å². The lowest BCUT2D eigenvalue weighted by molar-refractivity contribution is -0.0650. The van der Waals surface area contributed by atoms with Gasteiger partial charge in [0, 0.05) is 6.61 Å². The van der Waals surface area contributed by atoms with Crippen molar-refractivity contribution in [1.82, 2.24) is 0 Å². The molecule has 2 N–H and O–H groups in total. The van der Waals surface area contributed by atoms with Crippen LogP contribution in [0.4, 0.5) is 0 Å². The van der Waals surface area contributed by atoms with Crippen LogP contribution in [0, 0.1) is 40.4 Å². The molecule has 4 aliphatic rings. The number of fused-ring (bicyclic) bond motifs is 5. The number of rotatable bonds is 2. The molecule has 0 amide bonds. The molecular formula is C22H36O2. The zero-order chi connectivity index (χ0) is 17.1. The molecule has 136 valence electrons. The fraction of sp³-hybridized carbons (Fsp3) is 0.909. The summed E-state index contributed by atoms with van der Waals surface area (Å²) in [6, 6.07) is 0. The van der Waals surface area contributed by atoms with Crippen LogP contribution < -0.4 is 0 Å². The minimum Gasteiger partial charge on any atom is -0.396 e. The third-order valence-corrected chi connectivity index (χ3v) is 9.12. The molecule has 3 saturated carbocycles. The van der Waals surface area contributed by atoms with E-state index in [1.807, 2.05) is 6.92 Å². The summed E-state index contributed by atoms with van der Waals surface area (Å²) in [7, 11) is 0. The topological polar surface area (TPSA) is 40.5 Å². The van der Waals surface area contributed by atoms with E-state index in [4.69, 9.17) is 0 Å². The summed E-state index contributed by atoms with van der Waals surface area (Å²) < 4.78 is 0. The van der Waals surface area contributed by atoms with Crippen molar-refractivity contribution >= 4 is 0 Å². The maximum absolute atomic E-state index is 10.3. The Morgan fingerprint density at radius 3 is 2.62 bits per heavy atom. The van der Waals surface area contributed by atoms with Crippen LogP contribution in [0.3, 0.4) is 0 Å². The van der Waals surface area contributed by atoms with Crippen molar-refractivity contribution in [1.29, 1.82) is 0 Å². The maximum Gasteiger partial charge on any atom is 0.0545 e. The Morgan fingerprint density at radius 1 is 1.12 bits per heavy atom. The summed E-state index contributed by atoms with van der Waals surface area (Å²) in [5.74, 6) is 3.48. The Kier molecular flexibility index (Phi) is 4.16. The third-order valence-electron chi connectivity index (χ3n) is 9.12. The van der Waals surface area contributed by atoms with Gasteiger partial charge in [-0.05, 0) is 98.7 Å². The number of hydrogen-bond donors (Lipinski definition) is 2. The second-order valence-corrected chi connectivity index (χ2v) is 10.0. The molecule has 8 atom stereocenters. The fourth-order valence-corrected chi connectivity index (χ4v) is 7.73. The summed E-state index contributed by atoms with van der Waals surface area (Å²) >= 11 is 0. The Morgan fingerprint density at radius 2 is 1.92 bits per heavy atom. The first kappa shape index (κ1) is 17.1. The van der Waals surface area contributed by atoms with E-state index >= 15 is 0 Å². The molecule has 0 saturated heterocycles. The average Bonchev–Trinajstić information content (AvgIpc) is 2.91. The molecule has 4 unspecified atom stereocenters. The van der Waals surface area contributed by atoms with Crippen LogP contribution in [0.5, 0.6) is 0 Å². The average molecular weight is 333 g/mol. The van der Waals surface area contributed by atoms with Gasteiger partial charge >= 0.3 is 0 Å². The highest BCUT2D eigenvalue weighted by Gasteiger charge is 2.59. The highest BCUT2D eigenvalue weighted by molar-refractivity contribution is 5.25. The van der Waals surface area contributed by atoms with Crippen molar-refractivity contribution in [3.05, 3.63) is 11.6 Å². The van der Waals surface area contributed by atoms with Crippen LogP contribution in [0.2, 0.25) is 0 Å².